The monoisotopic (exact) mass is 359 g/mol. The Labute approximate surface area is 151 Å². The number of likely N-dealkylation sites (N-methyl/N-ethyl adjacent to an activating group) is 1. The van der Waals surface area contributed by atoms with E-state index in [1.54, 1.807) is 33.4 Å². The number of amides is 1. The van der Waals surface area contributed by atoms with Crippen LogP contribution in [0.5, 0.6) is 11.5 Å². The molecule has 2 aromatic carbocycles. The average molecular weight is 359 g/mol. The van der Waals surface area contributed by atoms with Crippen molar-refractivity contribution in [2.24, 2.45) is 0 Å². The second kappa shape index (κ2) is 8.82. The number of nitro benzene ring substituents is 1. The first-order chi connectivity index (χ1) is 12.4. The van der Waals surface area contributed by atoms with Crippen LogP contribution in [-0.4, -0.2) is 43.5 Å². The Balaban J connectivity index is 2.00. The zero-order valence-corrected chi connectivity index (χ0v) is 14.9. The van der Waals surface area contributed by atoms with Crippen molar-refractivity contribution < 1.29 is 19.2 Å². The second-order valence-electron chi connectivity index (χ2n) is 5.68. The molecule has 0 unspecified atom stereocenters. The lowest BCUT2D eigenvalue weighted by atomic mass is 10.1. The number of para-hydroxylation sites is 1. The third-order valence-electron chi connectivity index (χ3n) is 3.68. The molecule has 1 amide bonds. The summed E-state index contributed by atoms with van der Waals surface area (Å²) in [5.41, 5.74) is 1.20. The van der Waals surface area contributed by atoms with Crippen molar-refractivity contribution in [2.45, 2.75) is 6.54 Å². The van der Waals surface area contributed by atoms with Gasteiger partial charge in [-0.2, -0.15) is 0 Å². The standard InChI is InChI=1S/C18H21N3O5/c1-20(11-13-6-4-9-16(25-2)18(13)26-3)12-17(22)19-14-7-5-8-15(10-14)21(23)24/h4-10H,11-12H2,1-3H3,(H,19,22). The molecule has 0 spiro atoms. The van der Waals surface area contributed by atoms with E-state index in [9.17, 15) is 14.9 Å². The molecule has 0 bridgehead atoms. The maximum atomic E-state index is 12.2. The molecule has 0 fully saturated rings. The molecule has 0 aromatic heterocycles. The minimum atomic E-state index is -0.503. The largest absolute Gasteiger partial charge is 0.493 e. The first-order valence-electron chi connectivity index (χ1n) is 7.87. The molecule has 8 heteroatoms. The van der Waals surface area contributed by atoms with Gasteiger partial charge in [0.15, 0.2) is 11.5 Å². The molecular weight excluding hydrogens is 338 g/mol. The number of hydrogen-bond donors (Lipinski definition) is 1. The summed E-state index contributed by atoms with van der Waals surface area (Å²) in [6.45, 7) is 0.589. The van der Waals surface area contributed by atoms with E-state index < -0.39 is 4.92 Å². The summed E-state index contributed by atoms with van der Waals surface area (Å²) in [7, 11) is 4.93. The van der Waals surface area contributed by atoms with Gasteiger partial charge in [0.25, 0.3) is 5.69 Å². The highest BCUT2D eigenvalue weighted by molar-refractivity contribution is 5.92. The fourth-order valence-electron chi connectivity index (χ4n) is 2.57. The summed E-state index contributed by atoms with van der Waals surface area (Å²) in [4.78, 5) is 24.3. The Hall–Kier alpha value is -3.13. The number of carbonyl (C=O) groups excluding carboxylic acids is 1. The second-order valence-corrected chi connectivity index (χ2v) is 5.68. The van der Waals surface area contributed by atoms with E-state index in [1.807, 2.05) is 17.0 Å². The molecule has 0 heterocycles. The Morgan fingerprint density at radius 1 is 1.19 bits per heavy atom. The lowest BCUT2D eigenvalue weighted by Gasteiger charge is -2.19. The summed E-state index contributed by atoms with van der Waals surface area (Å²) in [6, 6.07) is 11.4. The van der Waals surface area contributed by atoms with Crippen LogP contribution in [0, 0.1) is 10.1 Å². The molecule has 1 N–H and O–H groups in total. The van der Waals surface area contributed by atoms with Crippen LogP contribution < -0.4 is 14.8 Å². The van der Waals surface area contributed by atoms with Crippen molar-refractivity contribution in [1.29, 1.82) is 0 Å². The molecule has 138 valence electrons. The Bertz CT molecular complexity index is 794. The number of methoxy groups -OCH3 is 2. The minimum absolute atomic E-state index is 0.0720. The van der Waals surface area contributed by atoms with Crippen LogP contribution in [0.4, 0.5) is 11.4 Å². The van der Waals surface area contributed by atoms with Gasteiger partial charge in [0.05, 0.1) is 25.7 Å². The van der Waals surface area contributed by atoms with E-state index in [4.69, 9.17) is 9.47 Å². The molecule has 2 rings (SSSR count). The molecule has 0 radical (unpaired) electrons. The lowest BCUT2D eigenvalue weighted by molar-refractivity contribution is -0.384. The Kier molecular flexibility index (Phi) is 6.51. The third kappa shape index (κ3) is 4.93. The smallest absolute Gasteiger partial charge is 0.271 e. The number of hydrogen-bond acceptors (Lipinski definition) is 6. The van der Waals surface area contributed by atoms with E-state index in [2.05, 4.69) is 5.32 Å². The van der Waals surface area contributed by atoms with E-state index in [0.29, 0.717) is 23.7 Å². The fourth-order valence-corrected chi connectivity index (χ4v) is 2.57. The number of nitrogens with zero attached hydrogens (tertiary/aromatic N) is 2. The Morgan fingerprint density at radius 2 is 1.92 bits per heavy atom. The van der Waals surface area contributed by atoms with Gasteiger partial charge in [-0.3, -0.25) is 19.8 Å². The summed E-state index contributed by atoms with van der Waals surface area (Å²) < 4.78 is 10.7. The van der Waals surface area contributed by atoms with Gasteiger partial charge in [-0.15, -0.1) is 0 Å². The maximum absolute atomic E-state index is 12.2. The van der Waals surface area contributed by atoms with Crippen LogP contribution >= 0.6 is 0 Å². The van der Waals surface area contributed by atoms with Gasteiger partial charge in [-0.05, 0) is 19.2 Å². The third-order valence-corrected chi connectivity index (χ3v) is 3.68. The van der Waals surface area contributed by atoms with Gasteiger partial charge in [0.2, 0.25) is 5.91 Å². The van der Waals surface area contributed by atoms with E-state index in [1.165, 1.54) is 18.2 Å². The SMILES string of the molecule is COc1cccc(CN(C)CC(=O)Nc2cccc([N+](=O)[O-])c2)c1OC. The highest BCUT2D eigenvalue weighted by Crippen LogP contribution is 2.31. The highest BCUT2D eigenvalue weighted by atomic mass is 16.6. The van der Waals surface area contributed by atoms with Crippen molar-refractivity contribution >= 4 is 17.3 Å². The number of ether oxygens (including phenoxy) is 2. The number of nitro groups is 1. The summed E-state index contributed by atoms with van der Waals surface area (Å²) in [6.07, 6.45) is 0. The number of anilines is 1. The van der Waals surface area contributed by atoms with Crippen LogP contribution in [-0.2, 0) is 11.3 Å². The van der Waals surface area contributed by atoms with Crippen LogP contribution in [0.25, 0.3) is 0 Å². The number of benzene rings is 2. The van der Waals surface area contributed by atoms with Crippen molar-refractivity contribution in [3.8, 4) is 11.5 Å². The van der Waals surface area contributed by atoms with E-state index in [-0.39, 0.29) is 18.1 Å². The quantitative estimate of drug-likeness (QED) is 0.575. The molecular formula is C18H21N3O5. The first kappa shape index (κ1) is 19.2. The van der Waals surface area contributed by atoms with Crippen LogP contribution in [0.1, 0.15) is 5.56 Å². The normalized spacial score (nSPS) is 10.5. The topological polar surface area (TPSA) is 93.9 Å². The van der Waals surface area contributed by atoms with Crippen LogP contribution in [0.3, 0.4) is 0 Å². The number of carbonyl (C=O) groups is 1. The summed E-state index contributed by atoms with van der Waals surface area (Å²) in [5.74, 6) is 0.982. The summed E-state index contributed by atoms with van der Waals surface area (Å²) >= 11 is 0. The van der Waals surface area contributed by atoms with Crippen molar-refractivity contribution in [3.05, 3.63) is 58.1 Å². The van der Waals surface area contributed by atoms with Gasteiger partial charge in [0, 0.05) is 29.9 Å². The van der Waals surface area contributed by atoms with Gasteiger partial charge < -0.3 is 14.8 Å². The molecule has 2 aromatic rings. The maximum Gasteiger partial charge on any atom is 0.271 e. The predicted octanol–water partition coefficient (Wildman–Crippen LogP) is 2.68. The predicted molar refractivity (Wildman–Crippen MR) is 97.6 cm³/mol. The zero-order chi connectivity index (χ0) is 19.1. The summed E-state index contributed by atoms with van der Waals surface area (Å²) in [5, 5.41) is 13.5. The van der Waals surface area contributed by atoms with Gasteiger partial charge in [-0.1, -0.05) is 18.2 Å². The molecule has 0 aliphatic heterocycles. The van der Waals surface area contributed by atoms with Gasteiger partial charge >= 0.3 is 0 Å². The fraction of sp³-hybridized carbons (Fsp3) is 0.278. The van der Waals surface area contributed by atoms with E-state index >= 15 is 0 Å². The molecule has 26 heavy (non-hydrogen) atoms. The number of nitrogens with one attached hydrogen (secondary N) is 1. The molecule has 0 aliphatic rings. The average Bonchev–Trinajstić information content (AvgIpc) is 2.61. The molecule has 0 atom stereocenters. The lowest BCUT2D eigenvalue weighted by Crippen LogP contribution is -2.30. The molecule has 0 saturated heterocycles. The number of rotatable bonds is 8. The van der Waals surface area contributed by atoms with Crippen LogP contribution in [0.15, 0.2) is 42.5 Å². The minimum Gasteiger partial charge on any atom is -0.493 e. The Morgan fingerprint density at radius 3 is 2.58 bits per heavy atom. The van der Waals surface area contributed by atoms with Crippen molar-refractivity contribution in [1.82, 2.24) is 4.90 Å². The van der Waals surface area contributed by atoms with Gasteiger partial charge in [-0.25, -0.2) is 0 Å². The van der Waals surface area contributed by atoms with E-state index in [0.717, 1.165) is 5.56 Å². The van der Waals surface area contributed by atoms with Crippen molar-refractivity contribution in [3.63, 3.8) is 0 Å². The zero-order valence-electron chi connectivity index (χ0n) is 14.9. The van der Waals surface area contributed by atoms with Crippen molar-refractivity contribution in [2.75, 3.05) is 33.1 Å². The van der Waals surface area contributed by atoms with Crippen LogP contribution in [0.2, 0.25) is 0 Å². The van der Waals surface area contributed by atoms with Gasteiger partial charge in [0.1, 0.15) is 0 Å². The molecule has 0 aliphatic carbocycles. The highest BCUT2D eigenvalue weighted by Gasteiger charge is 2.14. The number of non-ortho nitro benzene ring substituents is 1. The molecule has 0 saturated carbocycles. The molecule has 8 nitrogen and oxygen atoms in total. The first-order valence-corrected chi connectivity index (χ1v) is 7.87.